The number of nitro groups is 1. The van der Waals surface area contributed by atoms with Gasteiger partial charge in [0.25, 0.3) is 5.69 Å². The summed E-state index contributed by atoms with van der Waals surface area (Å²) >= 11 is 0. The van der Waals surface area contributed by atoms with Crippen molar-refractivity contribution >= 4 is 5.69 Å². The zero-order chi connectivity index (χ0) is 15.0. The van der Waals surface area contributed by atoms with Crippen LogP contribution in [0.5, 0.6) is 5.75 Å². The number of hydrogen-bond acceptors (Lipinski definition) is 4. The Hall–Kier alpha value is -1.62. The van der Waals surface area contributed by atoms with Gasteiger partial charge in [0.05, 0.1) is 11.0 Å². The molecule has 5 heteroatoms. The van der Waals surface area contributed by atoms with Crippen molar-refractivity contribution in [1.29, 1.82) is 0 Å². The number of non-ortho nitro benzene ring substituents is 1. The largest absolute Gasteiger partial charge is 0.489 e. The fourth-order valence-electron chi connectivity index (χ4n) is 3.83. The number of aryl methyl sites for hydroxylation is 1. The van der Waals surface area contributed by atoms with Gasteiger partial charge in [-0.3, -0.25) is 10.1 Å². The third-order valence-corrected chi connectivity index (χ3v) is 5.28. The minimum absolute atomic E-state index is 0.0805. The molecule has 0 aliphatic heterocycles. The maximum atomic E-state index is 10.9. The van der Waals surface area contributed by atoms with Crippen LogP contribution in [0, 0.1) is 22.5 Å². The van der Waals surface area contributed by atoms with Gasteiger partial charge < -0.3 is 10.5 Å². The third kappa shape index (κ3) is 2.39. The van der Waals surface area contributed by atoms with Crippen LogP contribution in [0.3, 0.4) is 0 Å². The Morgan fingerprint density at radius 2 is 2.05 bits per heavy atom. The first-order chi connectivity index (χ1) is 10.0. The highest BCUT2D eigenvalue weighted by Gasteiger charge is 2.55. The van der Waals surface area contributed by atoms with E-state index in [4.69, 9.17) is 10.5 Å². The van der Waals surface area contributed by atoms with Crippen LogP contribution >= 0.6 is 0 Å². The minimum Gasteiger partial charge on any atom is -0.489 e. The summed E-state index contributed by atoms with van der Waals surface area (Å²) in [5.41, 5.74) is 7.37. The molecule has 0 amide bonds. The molecular weight excluding hydrogens is 268 g/mol. The molecule has 3 rings (SSSR count). The van der Waals surface area contributed by atoms with Crippen LogP contribution in [0.1, 0.15) is 44.1 Å². The SMILES string of the molecule is Cc1ccc([N+](=O)[O-])cc1OC1CC(N)C12CCCCC2. The quantitative estimate of drug-likeness (QED) is 0.684. The van der Waals surface area contributed by atoms with Crippen LogP contribution in [-0.2, 0) is 0 Å². The van der Waals surface area contributed by atoms with E-state index in [9.17, 15) is 10.1 Å². The molecule has 0 radical (unpaired) electrons. The van der Waals surface area contributed by atoms with Gasteiger partial charge in [-0.2, -0.15) is 0 Å². The van der Waals surface area contributed by atoms with Crippen LogP contribution in [0.4, 0.5) is 5.69 Å². The van der Waals surface area contributed by atoms with Gasteiger partial charge in [0, 0.05) is 23.9 Å². The molecule has 2 N–H and O–H groups in total. The summed E-state index contributed by atoms with van der Waals surface area (Å²) in [7, 11) is 0. The average molecular weight is 290 g/mol. The van der Waals surface area contributed by atoms with Crippen LogP contribution in [0.15, 0.2) is 18.2 Å². The van der Waals surface area contributed by atoms with Crippen LogP contribution in [0.25, 0.3) is 0 Å². The molecule has 114 valence electrons. The number of hydrogen-bond donors (Lipinski definition) is 1. The maximum Gasteiger partial charge on any atom is 0.273 e. The van der Waals surface area contributed by atoms with E-state index < -0.39 is 0 Å². The summed E-state index contributed by atoms with van der Waals surface area (Å²) in [5.74, 6) is 0.631. The molecule has 2 aliphatic carbocycles. The Balaban J connectivity index is 1.80. The molecule has 21 heavy (non-hydrogen) atoms. The first kappa shape index (κ1) is 14.3. The highest BCUT2D eigenvalue weighted by atomic mass is 16.6. The standard InChI is InChI=1S/C16H22N2O3/c1-11-5-6-12(18(19)20)9-13(11)21-15-10-14(17)16(15)7-3-2-4-8-16/h5-6,9,14-15H,2-4,7-8,10,17H2,1H3. The Bertz CT molecular complexity index is 552. The Morgan fingerprint density at radius 3 is 2.67 bits per heavy atom. The van der Waals surface area contributed by atoms with Gasteiger partial charge in [-0.1, -0.05) is 19.3 Å². The molecular formula is C16H22N2O3. The van der Waals surface area contributed by atoms with Gasteiger partial charge in [0.2, 0.25) is 0 Å². The number of nitrogens with zero attached hydrogens (tertiary/aromatic N) is 1. The Morgan fingerprint density at radius 1 is 1.33 bits per heavy atom. The van der Waals surface area contributed by atoms with Crippen molar-refractivity contribution in [2.75, 3.05) is 0 Å². The predicted molar refractivity (Wildman–Crippen MR) is 80.4 cm³/mol. The lowest BCUT2D eigenvalue weighted by atomic mass is 9.55. The number of benzene rings is 1. The molecule has 0 bridgehead atoms. The zero-order valence-corrected chi connectivity index (χ0v) is 12.4. The second kappa shape index (κ2) is 5.30. The molecule has 0 saturated heterocycles. The first-order valence-corrected chi connectivity index (χ1v) is 7.70. The lowest BCUT2D eigenvalue weighted by molar-refractivity contribution is -0.385. The van der Waals surface area contributed by atoms with Gasteiger partial charge >= 0.3 is 0 Å². The van der Waals surface area contributed by atoms with E-state index in [0.29, 0.717) is 5.75 Å². The topological polar surface area (TPSA) is 78.4 Å². The van der Waals surface area contributed by atoms with Gasteiger partial charge in [-0.25, -0.2) is 0 Å². The highest BCUT2D eigenvalue weighted by Crippen LogP contribution is 2.52. The van der Waals surface area contributed by atoms with E-state index in [1.54, 1.807) is 6.07 Å². The zero-order valence-electron chi connectivity index (χ0n) is 12.4. The predicted octanol–water partition coefficient (Wildman–Crippen LogP) is 3.33. The normalized spacial score (nSPS) is 27.1. The van der Waals surface area contributed by atoms with Crippen molar-refractivity contribution in [3.8, 4) is 5.75 Å². The molecule has 1 aromatic rings. The molecule has 0 aromatic heterocycles. The molecule has 2 atom stereocenters. The van der Waals surface area contributed by atoms with Crippen LogP contribution < -0.4 is 10.5 Å². The average Bonchev–Trinajstić information content (AvgIpc) is 2.49. The summed E-state index contributed by atoms with van der Waals surface area (Å²) in [6, 6.07) is 5.02. The van der Waals surface area contributed by atoms with E-state index in [-0.39, 0.29) is 28.2 Å². The van der Waals surface area contributed by atoms with Gasteiger partial charge in [-0.05, 0) is 31.4 Å². The lowest BCUT2D eigenvalue weighted by Crippen LogP contribution is -2.64. The van der Waals surface area contributed by atoms with E-state index >= 15 is 0 Å². The van der Waals surface area contributed by atoms with Gasteiger partial charge in [-0.15, -0.1) is 0 Å². The van der Waals surface area contributed by atoms with Gasteiger partial charge in [0.1, 0.15) is 11.9 Å². The Labute approximate surface area is 124 Å². The second-order valence-electron chi connectivity index (χ2n) is 6.45. The maximum absolute atomic E-state index is 10.9. The van der Waals surface area contributed by atoms with Crippen LogP contribution in [0.2, 0.25) is 0 Å². The van der Waals surface area contributed by atoms with E-state index in [1.807, 2.05) is 6.92 Å². The van der Waals surface area contributed by atoms with E-state index in [0.717, 1.165) is 24.8 Å². The smallest absolute Gasteiger partial charge is 0.273 e. The van der Waals surface area contributed by atoms with Crippen molar-refractivity contribution in [2.24, 2.45) is 11.1 Å². The molecule has 2 unspecified atom stereocenters. The van der Waals surface area contributed by atoms with Gasteiger partial charge in [0.15, 0.2) is 0 Å². The van der Waals surface area contributed by atoms with Crippen LogP contribution in [-0.4, -0.2) is 17.1 Å². The van der Waals surface area contributed by atoms with Crippen molar-refractivity contribution in [3.63, 3.8) is 0 Å². The summed E-state index contributed by atoms with van der Waals surface area (Å²) in [6.45, 7) is 1.92. The van der Waals surface area contributed by atoms with Crippen molar-refractivity contribution in [1.82, 2.24) is 0 Å². The molecule has 1 spiro atoms. The third-order valence-electron chi connectivity index (χ3n) is 5.28. The Kier molecular flexibility index (Phi) is 3.61. The van der Waals surface area contributed by atoms with E-state index in [2.05, 4.69) is 0 Å². The highest BCUT2D eigenvalue weighted by molar-refractivity contribution is 5.44. The molecule has 2 aliphatic rings. The van der Waals surface area contributed by atoms with Crippen molar-refractivity contribution < 1.29 is 9.66 Å². The summed E-state index contributed by atoms with van der Waals surface area (Å²) in [4.78, 5) is 10.5. The lowest BCUT2D eigenvalue weighted by Gasteiger charge is -2.56. The second-order valence-corrected chi connectivity index (χ2v) is 6.45. The molecule has 1 aromatic carbocycles. The van der Waals surface area contributed by atoms with Crippen molar-refractivity contribution in [3.05, 3.63) is 33.9 Å². The fraction of sp³-hybridized carbons (Fsp3) is 0.625. The molecule has 2 fully saturated rings. The first-order valence-electron chi connectivity index (χ1n) is 7.70. The minimum atomic E-state index is -0.380. The summed E-state index contributed by atoms with van der Waals surface area (Å²) < 4.78 is 6.15. The number of ether oxygens (including phenoxy) is 1. The monoisotopic (exact) mass is 290 g/mol. The summed E-state index contributed by atoms with van der Waals surface area (Å²) in [6.07, 6.45) is 6.88. The number of nitro benzene ring substituents is 1. The number of nitrogens with two attached hydrogens (primary N) is 1. The van der Waals surface area contributed by atoms with E-state index in [1.165, 1.54) is 31.4 Å². The fourth-order valence-corrected chi connectivity index (χ4v) is 3.83. The van der Waals surface area contributed by atoms with Crippen molar-refractivity contribution in [2.45, 2.75) is 57.6 Å². The molecule has 0 heterocycles. The molecule has 2 saturated carbocycles. The summed E-state index contributed by atoms with van der Waals surface area (Å²) in [5, 5.41) is 10.9. The number of rotatable bonds is 3. The molecule has 5 nitrogen and oxygen atoms in total.